The number of nitrogens with one attached hydrogen (secondary N) is 1. The Balaban J connectivity index is 1.74. The molecule has 0 saturated carbocycles. The molecule has 0 radical (unpaired) electrons. The SMILES string of the molecule is COC(=O)c1ccc(COc2ccc3ccccc3c2-c2n[nH]nc2C(N)=O)o1. The van der Waals surface area contributed by atoms with Crippen molar-refractivity contribution in [3.63, 3.8) is 0 Å². The van der Waals surface area contributed by atoms with Crippen LogP contribution in [0.4, 0.5) is 0 Å². The van der Waals surface area contributed by atoms with Crippen molar-refractivity contribution in [3.8, 4) is 17.0 Å². The van der Waals surface area contributed by atoms with Crippen molar-refractivity contribution < 1.29 is 23.5 Å². The maximum Gasteiger partial charge on any atom is 0.373 e. The number of amides is 1. The van der Waals surface area contributed by atoms with Crippen molar-refractivity contribution in [2.75, 3.05) is 7.11 Å². The summed E-state index contributed by atoms with van der Waals surface area (Å²) < 4.78 is 16.0. The van der Waals surface area contributed by atoms with Crippen LogP contribution in [0.5, 0.6) is 5.75 Å². The number of hydrogen-bond donors (Lipinski definition) is 2. The van der Waals surface area contributed by atoms with Crippen LogP contribution in [0.1, 0.15) is 26.8 Å². The van der Waals surface area contributed by atoms with Crippen molar-refractivity contribution in [2.24, 2.45) is 5.73 Å². The summed E-state index contributed by atoms with van der Waals surface area (Å²) in [7, 11) is 1.27. The summed E-state index contributed by atoms with van der Waals surface area (Å²) in [6, 6.07) is 14.4. The first-order valence-electron chi connectivity index (χ1n) is 8.61. The molecule has 4 aromatic rings. The molecular weight excluding hydrogens is 376 g/mol. The Kier molecular flexibility index (Phi) is 4.70. The standard InChI is InChI=1S/C20H16N4O5/c1-27-20(26)15-9-7-12(29-15)10-28-14-8-6-11-4-2-3-5-13(11)16(14)17-18(19(21)25)23-24-22-17/h2-9H,10H2,1H3,(H2,21,25)(H,22,23,24). The van der Waals surface area contributed by atoms with Crippen molar-refractivity contribution in [2.45, 2.75) is 6.61 Å². The molecular formula is C20H16N4O5. The molecule has 2 aromatic carbocycles. The van der Waals surface area contributed by atoms with E-state index >= 15 is 0 Å². The summed E-state index contributed by atoms with van der Waals surface area (Å²) in [4.78, 5) is 23.3. The van der Waals surface area contributed by atoms with Gasteiger partial charge in [0, 0.05) is 0 Å². The van der Waals surface area contributed by atoms with E-state index in [1.165, 1.54) is 13.2 Å². The first kappa shape index (κ1) is 18.2. The highest BCUT2D eigenvalue weighted by molar-refractivity contribution is 6.05. The summed E-state index contributed by atoms with van der Waals surface area (Å²) in [6.45, 7) is 0.0477. The van der Waals surface area contributed by atoms with Crippen LogP contribution in [-0.4, -0.2) is 34.4 Å². The molecule has 2 aromatic heterocycles. The van der Waals surface area contributed by atoms with E-state index in [0.29, 0.717) is 22.8 Å². The lowest BCUT2D eigenvalue weighted by atomic mass is 9.99. The molecule has 0 spiro atoms. The van der Waals surface area contributed by atoms with Crippen molar-refractivity contribution in [1.82, 2.24) is 15.4 Å². The number of hydrogen-bond acceptors (Lipinski definition) is 7. The number of aromatic nitrogens is 3. The van der Waals surface area contributed by atoms with Crippen LogP contribution in [0.2, 0.25) is 0 Å². The van der Waals surface area contributed by atoms with Gasteiger partial charge in [-0.15, -0.1) is 0 Å². The number of ether oxygens (including phenoxy) is 2. The topological polar surface area (TPSA) is 133 Å². The van der Waals surface area contributed by atoms with Gasteiger partial charge in [-0.3, -0.25) is 4.79 Å². The fraction of sp³-hybridized carbons (Fsp3) is 0.100. The van der Waals surface area contributed by atoms with Gasteiger partial charge in [0.2, 0.25) is 5.76 Å². The maximum atomic E-state index is 11.8. The third-order valence-electron chi connectivity index (χ3n) is 4.33. The van der Waals surface area contributed by atoms with Crippen LogP contribution in [0.15, 0.2) is 52.9 Å². The molecule has 9 nitrogen and oxygen atoms in total. The second kappa shape index (κ2) is 7.47. The minimum absolute atomic E-state index is 0.0113. The van der Waals surface area contributed by atoms with Gasteiger partial charge in [0.05, 0.1) is 12.7 Å². The van der Waals surface area contributed by atoms with Gasteiger partial charge in [-0.2, -0.15) is 15.4 Å². The lowest BCUT2D eigenvalue weighted by Crippen LogP contribution is -2.13. The van der Waals surface area contributed by atoms with E-state index in [2.05, 4.69) is 20.1 Å². The number of carbonyl (C=O) groups excluding carboxylic acids is 2. The van der Waals surface area contributed by atoms with Crippen LogP contribution in [0.25, 0.3) is 22.0 Å². The highest BCUT2D eigenvalue weighted by Crippen LogP contribution is 2.37. The Morgan fingerprint density at radius 1 is 1.10 bits per heavy atom. The Labute approximate surface area is 164 Å². The summed E-state index contributed by atoms with van der Waals surface area (Å²) >= 11 is 0. The first-order chi connectivity index (χ1) is 14.1. The van der Waals surface area contributed by atoms with E-state index < -0.39 is 11.9 Å². The highest BCUT2D eigenvalue weighted by Gasteiger charge is 2.22. The van der Waals surface area contributed by atoms with Crippen LogP contribution < -0.4 is 10.5 Å². The summed E-state index contributed by atoms with van der Waals surface area (Å²) in [6.07, 6.45) is 0. The normalized spacial score (nSPS) is 10.8. The smallest absolute Gasteiger partial charge is 0.373 e. The zero-order chi connectivity index (χ0) is 20.4. The molecule has 0 bridgehead atoms. The number of methoxy groups -OCH3 is 1. The monoisotopic (exact) mass is 392 g/mol. The van der Waals surface area contributed by atoms with Crippen molar-refractivity contribution in [1.29, 1.82) is 0 Å². The third-order valence-corrected chi connectivity index (χ3v) is 4.33. The predicted octanol–water partition coefficient (Wildman–Crippen LogP) is 2.68. The lowest BCUT2D eigenvalue weighted by Gasteiger charge is -2.12. The number of primary amides is 1. The Morgan fingerprint density at radius 3 is 2.72 bits per heavy atom. The number of rotatable bonds is 6. The number of nitrogens with two attached hydrogens (primary N) is 1. The number of nitrogens with zero attached hydrogens (tertiary/aromatic N) is 2. The first-order valence-corrected chi connectivity index (χ1v) is 8.61. The van der Waals surface area contributed by atoms with Gasteiger partial charge < -0.3 is 19.6 Å². The minimum atomic E-state index is -0.707. The third kappa shape index (κ3) is 3.41. The lowest BCUT2D eigenvalue weighted by molar-refractivity contribution is 0.0561. The van der Waals surface area contributed by atoms with E-state index in [1.54, 1.807) is 12.1 Å². The maximum absolute atomic E-state index is 11.8. The number of aromatic amines is 1. The van der Waals surface area contributed by atoms with Crippen LogP contribution >= 0.6 is 0 Å². The Bertz CT molecular complexity index is 1210. The van der Waals surface area contributed by atoms with Crippen LogP contribution in [0.3, 0.4) is 0 Å². The molecule has 3 N–H and O–H groups in total. The van der Waals surface area contributed by atoms with E-state index in [1.807, 2.05) is 30.3 Å². The van der Waals surface area contributed by atoms with Crippen LogP contribution in [-0.2, 0) is 11.3 Å². The molecule has 4 rings (SSSR count). The average molecular weight is 392 g/mol. The summed E-state index contributed by atoms with van der Waals surface area (Å²) in [5.74, 6) is -0.314. The van der Waals surface area contributed by atoms with Crippen molar-refractivity contribution in [3.05, 3.63) is 65.7 Å². The van der Waals surface area contributed by atoms with E-state index in [-0.39, 0.29) is 18.1 Å². The van der Waals surface area contributed by atoms with Gasteiger partial charge in [-0.05, 0) is 29.0 Å². The Morgan fingerprint density at radius 2 is 1.93 bits per heavy atom. The van der Waals surface area contributed by atoms with E-state index in [4.69, 9.17) is 14.9 Å². The minimum Gasteiger partial charge on any atom is -0.485 e. The molecule has 9 heteroatoms. The van der Waals surface area contributed by atoms with E-state index in [0.717, 1.165) is 10.8 Å². The Hall–Kier alpha value is -4.14. The number of carbonyl (C=O) groups is 2. The molecule has 2 heterocycles. The van der Waals surface area contributed by atoms with Gasteiger partial charge in [0.1, 0.15) is 23.8 Å². The second-order valence-corrected chi connectivity index (χ2v) is 6.09. The molecule has 0 aliphatic rings. The molecule has 0 atom stereocenters. The van der Waals surface area contributed by atoms with Gasteiger partial charge >= 0.3 is 5.97 Å². The van der Waals surface area contributed by atoms with Crippen LogP contribution in [0, 0.1) is 0 Å². The van der Waals surface area contributed by atoms with Crippen molar-refractivity contribution >= 4 is 22.6 Å². The number of fused-ring (bicyclic) bond motifs is 1. The molecule has 0 saturated heterocycles. The largest absolute Gasteiger partial charge is 0.485 e. The molecule has 0 unspecified atom stereocenters. The molecule has 0 aliphatic carbocycles. The number of esters is 1. The molecule has 0 aliphatic heterocycles. The van der Waals surface area contributed by atoms with E-state index in [9.17, 15) is 9.59 Å². The molecule has 146 valence electrons. The highest BCUT2D eigenvalue weighted by atomic mass is 16.5. The zero-order valence-electron chi connectivity index (χ0n) is 15.3. The van der Waals surface area contributed by atoms with Gasteiger partial charge in [0.15, 0.2) is 5.69 Å². The second-order valence-electron chi connectivity index (χ2n) is 6.09. The summed E-state index contributed by atoms with van der Waals surface area (Å²) in [5.41, 5.74) is 6.32. The number of benzene rings is 2. The predicted molar refractivity (Wildman–Crippen MR) is 102 cm³/mol. The fourth-order valence-electron chi connectivity index (χ4n) is 3.01. The van der Waals surface area contributed by atoms with Gasteiger partial charge in [-0.1, -0.05) is 30.3 Å². The fourth-order valence-corrected chi connectivity index (χ4v) is 3.01. The molecule has 0 fully saturated rings. The average Bonchev–Trinajstić information content (AvgIpc) is 3.41. The van der Waals surface area contributed by atoms with Gasteiger partial charge in [-0.25, -0.2) is 4.79 Å². The summed E-state index contributed by atoms with van der Waals surface area (Å²) in [5, 5.41) is 12.2. The quantitative estimate of drug-likeness (QED) is 0.482. The number of furan rings is 1. The zero-order valence-corrected chi connectivity index (χ0v) is 15.3. The number of H-pyrrole nitrogens is 1. The molecule has 1 amide bonds. The van der Waals surface area contributed by atoms with Gasteiger partial charge in [0.25, 0.3) is 5.91 Å². The molecule has 29 heavy (non-hydrogen) atoms.